The van der Waals surface area contributed by atoms with Crippen molar-refractivity contribution in [3.05, 3.63) is 15.8 Å². The number of rotatable bonds is 7. The van der Waals surface area contributed by atoms with E-state index in [0.29, 0.717) is 4.90 Å². The van der Waals surface area contributed by atoms with Crippen molar-refractivity contribution in [1.82, 2.24) is 10.0 Å². The summed E-state index contributed by atoms with van der Waals surface area (Å²) < 4.78 is 27.8. The molecule has 0 bridgehead atoms. The normalized spacial score (nSPS) is 14.4. The lowest BCUT2D eigenvalue weighted by molar-refractivity contribution is 0.317. The Balaban J connectivity index is 2.88. The maximum Gasteiger partial charge on any atom is 0.241 e. The Morgan fingerprint density at radius 2 is 1.95 bits per heavy atom. The minimum atomic E-state index is -3.45. The van der Waals surface area contributed by atoms with Crippen LogP contribution < -0.4 is 10.0 Å². The lowest BCUT2D eigenvalue weighted by Gasteiger charge is -2.27. The minimum absolute atomic E-state index is 0.109. The summed E-state index contributed by atoms with van der Waals surface area (Å²) in [5.41, 5.74) is -0.109. The zero-order valence-corrected chi connectivity index (χ0v) is 15.5. The fourth-order valence-electron chi connectivity index (χ4n) is 1.74. The van der Waals surface area contributed by atoms with E-state index in [2.05, 4.69) is 17.0 Å². The monoisotopic (exact) mass is 332 g/mol. The van der Waals surface area contributed by atoms with Gasteiger partial charge in [0, 0.05) is 22.3 Å². The Morgan fingerprint density at radius 1 is 1.33 bits per heavy atom. The maximum atomic E-state index is 12.5. The first kappa shape index (κ1) is 18.6. The highest BCUT2D eigenvalue weighted by molar-refractivity contribution is 7.89. The maximum absolute atomic E-state index is 12.5. The van der Waals surface area contributed by atoms with Crippen LogP contribution in [0.2, 0.25) is 0 Å². The van der Waals surface area contributed by atoms with E-state index in [1.807, 2.05) is 34.6 Å². The van der Waals surface area contributed by atoms with Crippen LogP contribution >= 0.6 is 11.3 Å². The molecule has 0 saturated carbocycles. The first-order chi connectivity index (χ1) is 9.58. The summed E-state index contributed by atoms with van der Waals surface area (Å²) in [6.45, 7) is 13.6. The molecule has 0 radical (unpaired) electrons. The molecule has 0 aliphatic heterocycles. The van der Waals surface area contributed by atoms with Crippen LogP contribution in [0.1, 0.15) is 50.8 Å². The Bertz CT molecular complexity index is 557. The Morgan fingerprint density at radius 3 is 2.48 bits per heavy atom. The molecule has 0 fully saturated rings. The second kappa shape index (κ2) is 7.22. The number of hydrogen-bond acceptors (Lipinski definition) is 4. The van der Waals surface area contributed by atoms with Crippen molar-refractivity contribution >= 4 is 21.4 Å². The number of thiophene rings is 1. The summed E-state index contributed by atoms with van der Waals surface area (Å²) in [5, 5.41) is 3.30. The topological polar surface area (TPSA) is 58.2 Å². The van der Waals surface area contributed by atoms with Crippen LogP contribution in [-0.2, 0) is 16.6 Å². The van der Waals surface area contributed by atoms with Crippen LogP contribution in [0.4, 0.5) is 0 Å². The van der Waals surface area contributed by atoms with Crippen LogP contribution in [0.25, 0.3) is 0 Å². The molecule has 1 atom stereocenters. The van der Waals surface area contributed by atoms with E-state index < -0.39 is 10.0 Å². The van der Waals surface area contributed by atoms with Crippen molar-refractivity contribution in [1.29, 1.82) is 0 Å². The van der Waals surface area contributed by atoms with Gasteiger partial charge in [0.15, 0.2) is 0 Å². The molecule has 0 spiro atoms. The average molecular weight is 333 g/mol. The molecule has 1 aromatic heterocycles. The van der Waals surface area contributed by atoms with Crippen molar-refractivity contribution in [2.45, 2.75) is 65.4 Å². The highest BCUT2D eigenvalue weighted by atomic mass is 32.2. The molecule has 122 valence electrons. The minimum Gasteiger partial charge on any atom is -0.312 e. The first-order valence-corrected chi connectivity index (χ1v) is 9.70. The van der Waals surface area contributed by atoms with Crippen LogP contribution in [0.15, 0.2) is 11.0 Å². The number of nitrogens with one attached hydrogen (secondary N) is 2. The van der Waals surface area contributed by atoms with Crippen molar-refractivity contribution in [2.24, 2.45) is 5.41 Å². The summed E-state index contributed by atoms with van der Waals surface area (Å²) >= 11 is 1.54. The van der Waals surface area contributed by atoms with E-state index in [1.54, 1.807) is 17.4 Å². The van der Waals surface area contributed by atoms with Gasteiger partial charge in [-0.3, -0.25) is 0 Å². The fraction of sp³-hybridized carbons (Fsp3) is 0.733. The zero-order chi connectivity index (χ0) is 16.3. The Kier molecular flexibility index (Phi) is 6.40. The van der Waals surface area contributed by atoms with Crippen LogP contribution in [-0.4, -0.2) is 21.0 Å². The summed E-state index contributed by atoms with van der Waals surface area (Å²) in [4.78, 5) is 2.32. The quantitative estimate of drug-likeness (QED) is 0.754. The van der Waals surface area contributed by atoms with Crippen molar-refractivity contribution < 1.29 is 8.42 Å². The van der Waals surface area contributed by atoms with Crippen molar-refractivity contribution in [3.8, 4) is 0 Å². The molecule has 1 aromatic rings. The van der Waals surface area contributed by atoms with Gasteiger partial charge in [-0.05, 0) is 38.3 Å². The molecule has 21 heavy (non-hydrogen) atoms. The average Bonchev–Trinajstić information content (AvgIpc) is 2.70. The third kappa shape index (κ3) is 5.36. The third-order valence-corrected chi connectivity index (χ3v) is 6.42. The zero-order valence-electron chi connectivity index (χ0n) is 13.9. The van der Waals surface area contributed by atoms with E-state index in [0.717, 1.165) is 29.3 Å². The molecular formula is C15H28N2O2S2. The molecule has 0 saturated heterocycles. The van der Waals surface area contributed by atoms with E-state index in [1.165, 1.54) is 0 Å². The fourth-order valence-corrected chi connectivity index (χ4v) is 4.79. The molecule has 0 aliphatic rings. The van der Waals surface area contributed by atoms with Crippen LogP contribution in [0.5, 0.6) is 0 Å². The predicted octanol–water partition coefficient (Wildman–Crippen LogP) is 3.27. The van der Waals surface area contributed by atoms with Gasteiger partial charge in [0.05, 0.1) is 4.90 Å². The second-order valence-corrected chi connectivity index (χ2v) is 9.54. The molecule has 1 heterocycles. The van der Waals surface area contributed by atoms with E-state index >= 15 is 0 Å². The second-order valence-electron chi connectivity index (χ2n) is 6.52. The SMILES string of the molecule is CCCNCc1cc(S(=O)(=O)NC(C)C(C)(C)C)c(C)s1. The Hall–Kier alpha value is -0.430. The summed E-state index contributed by atoms with van der Waals surface area (Å²) in [6.07, 6.45) is 1.07. The van der Waals surface area contributed by atoms with Gasteiger partial charge >= 0.3 is 0 Å². The number of sulfonamides is 1. The van der Waals surface area contributed by atoms with Gasteiger partial charge in [-0.25, -0.2) is 13.1 Å². The number of hydrogen-bond donors (Lipinski definition) is 2. The van der Waals surface area contributed by atoms with Gasteiger partial charge in [0.1, 0.15) is 0 Å². The number of aryl methyl sites for hydroxylation is 1. The largest absolute Gasteiger partial charge is 0.312 e. The molecule has 0 aliphatic carbocycles. The Labute approximate surface area is 133 Å². The molecule has 6 heteroatoms. The molecule has 1 rings (SSSR count). The van der Waals surface area contributed by atoms with Gasteiger partial charge < -0.3 is 5.32 Å². The highest BCUT2D eigenvalue weighted by Gasteiger charge is 2.27. The predicted molar refractivity (Wildman–Crippen MR) is 90.3 cm³/mol. The standard InChI is InChI=1S/C15H28N2O2S2/c1-7-8-16-10-13-9-14(11(2)20-13)21(18,19)17-12(3)15(4,5)6/h9,12,16-17H,7-8,10H2,1-6H3. The molecular weight excluding hydrogens is 304 g/mol. The van der Waals surface area contributed by atoms with Crippen LogP contribution in [0.3, 0.4) is 0 Å². The van der Waals surface area contributed by atoms with Gasteiger partial charge in [-0.1, -0.05) is 27.7 Å². The molecule has 4 nitrogen and oxygen atoms in total. The summed E-state index contributed by atoms with van der Waals surface area (Å²) in [5.74, 6) is 0. The van der Waals surface area contributed by atoms with Crippen molar-refractivity contribution in [3.63, 3.8) is 0 Å². The van der Waals surface area contributed by atoms with Gasteiger partial charge in [0.25, 0.3) is 0 Å². The van der Waals surface area contributed by atoms with Crippen molar-refractivity contribution in [2.75, 3.05) is 6.54 Å². The summed E-state index contributed by atoms with van der Waals surface area (Å²) in [7, 11) is -3.45. The van der Waals surface area contributed by atoms with Gasteiger partial charge in [0.2, 0.25) is 10.0 Å². The first-order valence-electron chi connectivity index (χ1n) is 7.40. The van der Waals surface area contributed by atoms with Gasteiger partial charge in [-0.15, -0.1) is 11.3 Å². The highest BCUT2D eigenvalue weighted by Crippen LogP contribution is 2.27. The lowest BCUT2D eigenvalue weighted by atomic mass is 9.89. The molecule has 0 amide bonds. The molecule has 2 N–H and O–H groups in total. The van der Waals surface area contributed by atoms with Crippen LogP contribution in [0, 0.1) is 12.3 Å². The molecule has 1 unspecified atom stereocenters. The summed E-state index contributed by atoms with van der Waals surface area (Å²) in [6, 6.07) is 1.67. The smallest absolute Gasteiger partial charge is 0.241 e. The lowest BCUT2D eigenvalue weighted by Crippen LogP contribution is -2.41. The van der Waals surface area contributed by atoms with Gasteiger partial charge in [-0.2, -0.15) is 0 Å². The van der Waals surface area contributed by atoms with E-state index in [4.69, 9.17) is 0 Å². The van der Waals surface area contributed by atoms with E-state index in [-0.39, 0.29) is 11.5 Å². The molecule has 0 aromatic carbocycles. The van der Waals surface area contributed by atoms with E-state index in [9.17, 15) is 8.42 Å². The third-order valence-electron chi connectivity index (χ3n) is 3.57.